The summed E-state index contributed by atoms with van der Waals surface area (Å²) in [5.41, 5.74) is 10.3. The van der Waals surface area contributed by atoms with Gasteiger partial charge < -0.3 is 16.5 Å². The van der Waals surface area contributed by atoms with Crippen molar-refractivity contribution in [3.8, 4) is 0 Å². The third-order valence-corrected chi connectivity index (χ3v) is 16.1. The summed E-state index contributed by atoms with van der Waals surface area (Å²) in [5.74, 6) is 0. The lowest BCUT2D eigenvalue weighted by Crippen LogP contribution is -2.57. The molecule has 0 N–H and O–H groups in total. The van der Waals surface area contributed by atoms with Crippen molar-refractivity contribution in [2.24, 2.45) is 0 Å². The Balaban J connectivity index is 3.34. The van der Waals surface area contributed by atoms with Crippen molar-refractivity contribution in [1.29, 1.82) is 0 Å². The summed E-state index contributed by atoms with van der Waals surface area (Å²) >= 11 is 0. The predicted octanol–water partition coefficient (Wildman–Crippen LogP) is 2.75. The van der Waals surface area contributed by atoms with Crippen molar-refractivity contribution in [3.63, 3.8) is 0 Å². The molecule has 0 aromatic rings. The maximum absolute atomic E-state index is 6.65. The quantitative estimate of drug-likeness (QED) is 0.683. The van der Waals surface area contributed by atoms with Crippen LogP contribution in [-0.2, 0) is 16.5 Å². The van der Waals surface area contributed by atoms with Crippen LogP contribution in [0.4, 0.5) is 0 Å². The van der Waals surface area contributed by atoms with Gasteiger partial charge in [-0.1, -0.05) is 36.1 Å². The molecule has 0 aliphatic carbocycles. The fourth-order valence-corrected chi connectivity index (χ4v) is 15.8. The summed E-state index contributed by atoms with van der Waals surface area (Å²) in [4.78, 5) is 0. The van der Waals surface area contributed by atoms with Crippen LogP contribution in [0.15, 0.2) is 58.9 Å². The molecule has 0 aromatic heterocycles. The SMILES string of the molecule is CC=C[SiH]1O[SiH2]O[Si](C=CC)(C=CC)O[Si](C=CC)(C=CC)O1. The molecule has 1 rings (SSSR count). The maximum atomic E-state index is 6.65. The molecule has 23 heavy (non-hydrogen) atoms. The van der Waals surface area contributed by atoms with Gasteiger partial charge >= 0.3 is 26.4 Å². The number of allylic oxidation sites excluding steroid dienone is 5. The Morgan fingerprint density at radius 3 is 1.74 bits per heavy atom. The zero-order chi connectivity index (χ0) is 17.2. The van der Waals surface area contributed by atoms with Crippen LogP contribution in [0.1, 0.15) is 34.6 Å². The molecule has 0 spiro atoms. The summed E-state index contributed by atoms with van der Waals surface area (Å²) in [6.45, 7) is 9.93. The molecular weight excluding hydrogens is 357 g/mol. The first-order chi connectivity index (χ1) is 11.1. The van der Waals surface area contributed by atoms with Crippen LogP contribution in [0.3, 0.4) is 0 Å². The Hall–Kier alpha value is -0.592. The second-order valence-electron chi connectivity index (χ2n) is 4.99. The first-order valence-corrected chi connectivity index (χ1v) is 14.6. The van der Waals surface area contributed by atoms with E-state index in [2.05, 4.69) is 22.8 Å². The highest BCUT2D eigenvalue weighted by Gasteiger charge is 2.46. The molecule has 0 bridgehead atoms. The Bertz CT molecular complexity index is 476. The lowest BCUT2D eigenvalue weighted by molar-refractivity contribution is 0.292. The van der Waals surface area contributed by atoms with Gasteiger partial charge in [-0.3, -0.25) is 0 Å². The molecule has 1 atom stereocenters. The van der Waals surface area contributed by atoms with E-state index >= 15 is 0 Å². The normalized spacial score (nSPS) is 35.3. The maximum Gasteiger partial charge on any atom is 0.374 e. The number of hydrogen-bond donors (Lipinski definition) is 0. The first kappa shape index (κ1) is 20.5. The second kappa shape index (κ2) is 10.3. The van der Waals surface area contributed by atoms with Gasteiger partial charge in [0.15, 0.2) is 0 Å². The van der Waals surface area contributed by atoms with Crippen LogP contribution in [-0.4, -0.2) is 36.4 Å². The van der Waals surface area contributed by atoms with Crippen LogP contribution < -0.4 is 0 Å². The second-order valence-corrected chi connectivity index (χ2v) is 14.8. The molecule has 1 fully saturated rings. The van der Waals surface area contributed by atoms with Gasteiger partial charge in [0.1, 0.15) is 0 Å². The van der Waals surface area contributed by atoms with Gasteiger partial charge in [0.25, 0.3) is 10.0 Å². The smallest absolute Gasteiger partial charge is 0.374 e. The molecule has 0 aromatic carbocycles. The van der Waals surface area contributed by atoms with Crippen molar-refractivity contribution >= 4 is 36.4 Å². The van der Waals surface area contributed by atoms with Gasteiger partial charge in [0.05, 0.1) is 0 Å². The topological polar surface area (TPSA) is 36.9 Å². The molecule has 1 aliphatic rings. The summed E-state index contributed by atoms with van der Waals surface area (Å²) in [6, 6.07) is 0. The molecule has 1 heterocycles. The van der Waals surface area contributed by atoms with Crippen LogP contribution >= 0.6 is 0 Å². The average Bonchev–Trinajstić information content (AvgIpc) is 2.47. The van der Waals surface area contributed by atoms with Gasteiger partial charge in [0.2, 0.25) is 0 Å². The summed E-state index contributed by atoms with van der Waals surface area (Å²) in [7, 11) is -8.38. The molecule has 8 heteroatoms. The van der Waals surface area contributed by atoms with E-state index < -0.39 is 36.4 Å². The molecular formula is C15H28O4Si4. The molecule has 1 aliphatic heterocycles. The third kappa shape index (κ3) is 6.08. The fraction of sp³-hybridized carbons (Fsp3) is 0.333. The van der Waals surface area contributed by atoms with Crippen molar-refractivity contribution in [1.82, 2.24) is 0 Å². The molecule has 0 radical (unpaired) electrons. The summed E-state index contributed by atoms with van der Waals surface area (Å²) in [6.07, 6.45) is 9.97. The highest BCUT2D eigenvalue weighted by molar-refractivity contribution is 6.95. The van der Waals surface area contributed by atoms with Crippen LogP contribution in [0, 0.1) is 0 Å². The standard InChI is InChI=1S/C15H28O4Si4/c1-6-11-21-16-20-17-22(12-7-2,13-8-3)19-23(18-21,14-9-4)15-10-5/h6-15,21H,20H2,1-5H3. The highest BCUT2D eigenvalue weighted by Crippen LogP contribution is 2.25. The van der Waals surface area contributed by atoms with Crippen LogP contribution in [0.5, 0.6) is 0 Å². The van der Waals surface area contributed by atoms with Gasteiger partial charge in [-0.05, 0) is 57.4 Å². The van der Waals surface area contributed by atoms with E-state index in [4.69, 9.17) is 16.5 Å². The van der Waals surface area contributed by atoms with Crippen molar-refractivity contribution in [2.45, 2.75) is 34.6 Å². The zero-order valence-electron chi connectivity index (χ0n) is 14.7. The zero-order valence-corrected chi connectivity index (χ0v) is 19.3. The summed E-state index contributed by atoms with van der Waals surface area (Å²) in [5, 5.41) is 0. The monoisotopic (exact) mass is 384 g/mol. The van der Waals surface area contributed by atoms with E-state index in [1.165, 1.54) is 0 Å². The van der Waals surface area contributed by atoms with E-state index in [0.29, 0.717) is 0 Å². The Morgan fingerprint density at radius 1 is 0.739 bits per heavy atom. The molecule has 0 saturated carbocycles. The van der Waals surface area contributed by atoms with Crippen molar-refractivity contribution < 1.29 is 16.5 Å². The minimum atomic E-state index is -2.69. The van der Waals surface area contributed by atoms with E-state index in [0.717, 1.165) is 0 Å². The van der Waals surface area contributed by atoms with Crippen molar-refractivity contribution in [3.05, 3.63) is 58.9 Å². The minimum Gasteiger partial charge on any atom is -0.419 e. The Kier molecular flexibility index (Phi) is 9.17. The molecule has 1 saturated heterocycles. The lowest BCUT2D eigenvalue weighted by Gasteiger charge is -2.39. The van der Waals surface area contributed by atoms with E-state index in [1.807, 2.05) is 70.7 Å². The van der Waals surface area contributed by atoms with Gasteiger partial charge in [-0.25, -0.2) is 0 Å². The summed E-state index contributed by atoms with van der Waals surface area (Å²) < 4.78 is 25.3. The lowest BCUT2D eigenvalue weighted by atomic mass is 10.8. The van der Waals surface area contributed by atoms with Crippen LogP contribution in [0.2, 0.25) is 0 Å². The number of rotatable bonds is 5. The first-order valence-electron chi connectivity index (χ1n) is 7.91. The van der Waals surface area contributed by atoms with E-state index in [9.17, 15) is 0 Å². The number of hydrogen-bond acceptors (Lipinski definition) is 4. The molecule has 128 valence electrons. The Labute approximate surface area is 146 Å². The van der Waals surface area contributed by atoms with E-state index in [1.54, 1.807) is 0 Å². The van der Waals surface area contributed by atoms with Crippen LogP contribution in [0.25, 0.3) is 0 Å². The van der Waals surface area contributed by atoms with Gasteiger partial charge in [0, 0.05) is 0 Å². The highest BCUT2D eigenvalue weighted by atomic mass is 28.5. The fourth-order valence-electron chi connectivity index (χ4n) is 2.31. The largest absolute Gasteiger partial charge is 0.419 e. The van der Waals surface area contributed by atoms with Gasteiger partial charge in [-0.15, -0.1) is 0 Å². The Morgan fingerprint density at radius 2 is 1.26 bits per heavy atom. The third-order valence-electron chi connectivity index (χ3n) is 3.08. The average molecular weight is 385 g/mol. The molecule has 0 amide bonds. The minimum absolute atomic E-state index is 1.14. The van der Waals surface area contributed by atoms with Crippen molar-refractivity contribution in [2.75, 3.05) is 0 Å². The van der Waals surface area contributed by atoms with Gasteiger partial charge in [-0.2, -0.15) is 0 Å². The van der Waals surface area contributed by atoms with E-state index in [-0.39, 0.29) is 0 Å². The molecule has 4 nitrogen and oxygen atoms in total. The molecule has 1 unspecified atom stereocenters. The predicted molar refractivity (Wildman–Crippen MR) is 106 cm³/mol.